The Morgan fingerprint density at radius 1 is 1.19 bits per heavy atom. The van der Waals surface area contributed by atoms with E-state index in [0.717, 1.165) is 18.8 Å². The van der Waals surface area contributed by atoms with Crippen LogP contribution in [0.4, 0.5) is 0 Å². The van der Waals surface area contributed by atoms with E-state index in [1.807, 2.05) is 13.8 Å². The Kier molecular flexibility index (Phi) is 3.73. The first-order chi connectivity index (χ1) is 7.24. The third-order valence-electron chi connectivity index (χ3n) is 2.31. The summed E-state index contributed by atoms with van der Waals surface area (Å²) >= 11 is 0. The highest BCUT2D eigenvalue weighted by Crippen LogP contribution is 2.22. The molecule has 0 saturated carbocycles. The van der Waals surface area contributed by atoms with Crippen LogP contribution in [0.25, 0.3) is 0 Å². The van der Waals surface area contributed by atoms with Gasteiger partial charge in [-0.2, -0.15) is 4.98 Å². The standard InChI is InChI=1S/C12H23N3O/c1-7-13-12(5,6)10-14-9(15-16-10)8-11(2,3)4/h13H,7-8H2,1-6H3. The molecule has 0 spiro atoms. The summed E-state index contributed by atoms with van der Waals surface area (Å²) in [4.78, 5) is 4.45. The summed E-state index contributed by atoms with van der Waals surface area (Å²) in [6.07, 6.45) is 0.832. The number of aromatic nitrogens is 2. The lowest BCUT2D eigenvalue weighted by atomic mass is 9.92. The molecular weight excluding hydrogens is 202 g/mol. The molecule has 0 fully saturated rings. The predicted molar refractivity (Wildman–Crippen MR) is 64.2 cm³/mol. The molecule has 0 aliphatic heterocycles. The minimum atomic E-state index is -0.252. The maximum atomic E-state index is 5.30. The van der Waals surface area contributed by atoms with Gasteiger partial charge in [0.15, 0.2) is 5.82 Å². The minimum absolute atomic E-state index is 0.184. The summed E-state index contributed by atoms with van der Waals surface area (Å²) in [7, 11) is 0. The number of rotatable bonds is 4. The van der Waals surface area contributed by atoms with E-state index < -0.39 is 0 Å². The van der Waals surface area contributed by atoms with Crippen LogP contribution in [-0.4, -0.2) is 16.7 Å². The van der Waals surface area contributed by atoms with E-state index in [2.05, 4.69) is 43.2 Å². The molecular formula is C12H23N3O. The Bertz CT molecular complexity index is 336. The average Bonchev–Trinajstić information content (AvgIpc) is 2.49. The van der Waals surface area contributed by atoms with Gasteiger partial charge in [0.1, 0.15) is 0 Å². The summed E-state index contributed by atoms with van der Waals surface area (Å²) in [5, 5.41) is 7.34. The molecule has 1 N–H and O–H groups in total. The van der Waals surface area contributed by atoms with Gasteiger partial charge >= 0.3 is 0 Å². The van der Waals surface area contributed by atoms with Gasteiger partial charge in [-0.1, -0.05) is 32.9 Å². The molecule has 0 aromatic carbocycles. The predicted octanol–water partition coefficient (Wildman–Crippen LogP) is 2.50. The van der Waals surface area contributed by atoms with Gasteiger partial charge in [0.2, 0.25) is 5.89 Å². The summed E-state index contributed by atoms with van der Waals surface area (Å²) < 4.78 is 5.30. The van der Waals surface area contributed by atoms with E-state index in [1.54, 1.807) is 0 Å². The zero-order valence-electron chi connectivity index (χ0n) is 11.2. The monoisotopic (exact) mass is 225 g/mol. The van der Waals surface area contributed by atoms with Crippen LogP contribution in [0, 0.1) is 5.41 Å². The number of nitrogens with one attached hydrogen (secondary N) is 1. The van der Waals surface area contributed by atoms with Crippen molar-refractivity contribution in [3.05, 3.63) is 11.7 Å². The smallest absolute Gasteiger partial charge is 0.246 e. The Labute approximate surface area is 97.8 Å². The van der Waals surface area contributed by atoms with Gasteiger partial charge < -0.3 is 9.84 Å². The fourth-order valence-corrected chi connectivity index (χ4v) is 1.57. The highest BCUT2D eigenvalue weighted by molar-refractivity contribution is 5.00. The first-order valence-corrected chi connectivity index (χ1v) is 5.83. The maximum Gasteiger partial charge on any atom is 0.246 e. The molecule has 1 heterocycles. The Hall–Kier alpha value is -0.900. The fraction of sp³-hybridized carbons (Fsp3) is 0.833. The fourth-order valence-electron chi connectivity index (χ4n) is 1.57. The van der Waals surface area contributed by atoms with Gasteiger partial charge in [-0.25, -0.2) is 0 Å². The van der Waals surface area contributed by atoms with Crippen LogP contribution in [0.2, 0.25) is 0 Å². The van der Waals surface area contributed by atoms with E-state index in [9.17, 15) is 0 Å². The lowest BCUT2D eigenvalue weighted by molar-refractivity contribution is 0.269. The first kappa shape index (κ1) is 13.2. The third kappa shape index (κ3) is 3.59. The van der Waals surface area contributed by atoms with Crippen LogP contribution in [0.15, 0.2) is 4.52 Å². The normalized spacial score (nSPS) is 13.1. The van der Waals surface area contributed by atoms with Crippen molar-refractivity contribution in [3.63, 3.8) is 0 Å². The van der Waals surface area contributed by atoms with Crippen LogP contribution in [0.5, 0.6) is 0 Å². The van der Waals surface area contributed by atoms with Gasteiger partial charge in [0.05, 0.1) is 5.54 Å². The SMILES string of the molecule is CCNC(C)(C)c1nc(CC(C)(C)C)no1. The van der Waals surface area contributed by atoms with E-state index >= 15 is 0 Å². The molecule has 4 nitrogen and oxygen atoms in total. The molecule has 4 heteroatoms. The van der Waals surface area contributed by atoms with E-state index in [0.29, 0.717) is 5.89 Å². The molecule has 0 unspecified atom stereocenters. The quantitative estimate of drug-likeness (QED) is 0.855. The second-order valence-electron chi connectivity index (χ2n) is 5.91. The van der Waals surface area contributed by atoms with E-state index in [1.165, 1.54) is 0 Å². The molecule has 0 radical (unpaired) electrons. The Balaban J connectivity index is 2.79. The molecule has 1 aromatic heterocycles. The molecule has 1 rings (SSSR count). The van der Waals surface area contributed by atoms with Gasteiger partial charge in [-0.15, -0.1) is 0 Å². The largest absolute Gasteiger partial charge is 0.337 e. The van der Waals surface area contributed by atoms with Crippen molar-refractivity contribution in [2.24, 2.45) is 5.41 Å². The molecule has 0 bridgehead atoms. The summed E-state index contributed by atoms with van der Waals surface area (Å²) in [5.74, 6) is 1.45. The van der Waals surface area contributed by atoms with Gasteiger partial charge in [-0.05, 0) is 25.8 Å². The average molecular weight is 225 g/mol. The first-order valence-electron chi connectivity index (χ1n) is 5.83. The number of hydrogen-bond donors (Lipinski definition) is 1. The molecule has 0 aliphatic rings. The second kappa shape index (κ2) is 4.53. The lowest BCUT2D eigenvalue weighted by Crippen LogP contribution is -2.36. The van der Waals surface area contributed by atoms with Crippen LogP contribution in [0.1, 0.15) is 53.3 Å². The maximum absolute atomic E-state index is 5.30. The molecule has 92 valence electrons. The number of nitrogens with zero attached hydrogens (tertiary/aromatic N) is 2. The van der Waals surface area contributed by atoms with Gasteiger partial charge in [0.25, 0.3) is 0 Å². The minimum Gasteiger partial charge on any atom is -0.337 e. The third-order valence-corrected chi connectivity index (χ3v) is 2.31. The van der Waals surface area contributed by atoms with E-state index in [-0.39, 0.29) is 11.0 Å². The van der Waals surface area contributed by atoms with Crippen molar-refractivity contribution in [1.82, 2.24) is 15.5 Å². The van der Waals surface area contributed by atoms with Crippen LogP contribution in [0.3, 0.4) is 0 Å². The zero-order chi connectivity index (χ0) is 12.4. The summed E-state index contributed by atoms with van der Waals surface area (Å²) in [6.45, 7) is 13.5. The Morgan fingerprint density at radius 2 is 1.81 bits per heavy atom. The van der Waals surface area contributed by atoms with Crippen LogP contribution < -0.4 is 5.32 Å². The second-order valence-corrected chi connectivity index (χ2v) is 5.91. The van der Waals surface area contributed by atoms with Crippen LogP contribution in [-0.2, 0) is 12.0 Å². The van der Waals surface area contributed by atoms with Gasteiger partial charge in [0, 0.05) is 6.42 Å². The molecule has 1 aromatic rings. The Morgan fingerprint density at radius 3 is 2.31 bits per heavy atom. The molecule has 0 amide bonds. The van der Waals surface area contributed by atoms with Crippen molar-refractivity contribution < 1.29 is 4.52 Å². The van der Waals surface area contributed by atoms with Crippen molar-refractivity contribution in [3.8, 4) is 0 Å². The molecule has 0 saturated heterocycles. The molecule has 16 heavy (non-hydrogen) atoms. The zero-order valence-corrected chi connectivity index (χ0v) is 11.2. The highest BCUT2D eigenvalue weighted by atomic mass is 16.5. The van der Waals surface area contributed by atoms with Crippen LogP contribution >= 0.6 is 0 Å². The highest BCUT2D eigenvalue weighted by Gasteiger charge is 2.27. The van der Waals surface area contributed by atoms with Gasteiger partial charge in [-0.3, -0.25) is 0 Å². The molecule has 0 atom stereocenters. The summed E-state index contributed by atoms with van der Waals surface area (Å²) in [6, 6.07) is 0. The number of hydrogen-bond acceptors (Lipinski definition) is 4. The summed E-state index contributed by atoms with van der Waals surface area (Å²) in [5.41, 5.74) is -0.0681. The van der Waals surface area contributed by atoms with Crippen molar-refractivity contribution in [2.45, 2.75) is 53.5 Å². The van der Waals surface area contributed by atoms with E-state index in [4.69, 9.17) is 4.52 Å². The lowest BCUT2D eigenvalue weighted by Gasteiger charge is -2.20. The van der Waals surface area contributed by atoms with Crippen molar-refractivity contribution in [2.75, 3.05) is 6.54 Å². The van der Waals surface area contributed by atoms with Crippen molar-refractivity contribution in [1.29, 1.82) is 0 Å². The molecule has 0 aliphatic carbocycles. The van der Waals surface area contributed by atoms with Crippen molar-refractivity contribution >= 4 is 0 Å². The topological polar surface area (TPSA) is 51.0 Å².